The molecular weight excluding hydrogens is 378 g/mol. The summed E-state index contributed by atoms with van der Waals surface area (Å²) in [5.41, 5.74) is 1.23. The molecule has 0 spiro atoms. The molecule has 128 valence electrons. The van der Waals surface area contributed by atoms with Crippen molar-refractivity contribution in [2.24, 2.45) is 5.92 Å². The highest BCUT2D eigenvalue weighted by Crippen LogP contribution is 2.23. The van der Waals surface area contributed by atoms with Crippen molar-refractivity contribution in [1.29, 1.82) is 0 Å². The van der Waals surface area contributed by atoms with Crippen LogP contribution < -0.4 is 15.5 Å². The van der Waals surface area contributed by atoms with Gasteiger partial charge in [-0.15, -0.1) is 12.4 Å². The number of halogens is 2. The Kier molecular flexibility index (Phi) is 6.74. The van der Waals surface area contributed by atoms with E-state index >= 15 is 0 Å². The van der Waals surface area contributed by atoms with Crippen molar-refractivity contribution < 1.29 is 4.79 Å². The molecule has 2 heterocycles. The molecule has 3 atom stereocenters. The molecule has 2 N–H and O–H groups in total. The van der Waals surface area contributed by atoms with Gasteiger partial charge in [-0.05, 0) is 57.0 Å². The first kappa shape index (κ1) is 18.6. The van der Waals surface area contributed by atoms with Crippen molar-refractivity contribution in [3.05, 3.63) is 28.7 Å². The lowest BCUT2D eigenvalue weighted by Crippen LogP contribution is -2.46. The smallest absolute Gasteiger partial charge is 0.223 e. The number of benzene rings is 1. The van der Waals surface area contributed by atoms with E-state index in [9.17, 15) is 4.79 Å². The van der Waals surface area contributed by atoms with E-state index in [4.69, 9.17) is 0 Å². The number of amides is 1. The van der Waals surface area contributed by atoms with Gasteiger partial charge in [-0.3, -0.25) is 4.79 Å². The van der Waals surface area contributed by atoms with Crippen LogP contribution in [0.4, 0.5) is 5.69 Å². The summed E-state index contributed by atoms with van der Waals surface area (Å²) >= 11 is 3.47. The number of anilines is 1. The van der Waals surface area contributed by atoms with E-state index in [1.807, 2.05) is 0 Å². The van der Waals surface area contributed by atoms with Crippen LogP contribution in [-0.4, -0.2) is 37.6 Å². The van der Waals surface area contributed by atoms with E-state index in [1.54, 1.807) is 0 Å². The Balaban J connectivity index is 0.00000192. The second-order valence-electron chi connectivity index (χ2n) is 6.49. The third-order valence-corrected chi connectivity index (χ3v) is 5.25. The highest BCUT2D eigenvalue weighted by molar-refractivity contribution is 9.10. The Morgan fingerprint density at radius 2 is 2.04 bits per heavy atom. The Labute approximate surface area is 152 Å². The monoisotopic (exact) mass is 401 g/mol. The van der Waals surface area contributed by atoms with E-state index in [-0.39, 0.29) is 30.3 Å². The zero-order valence-corrected chi connectivity index (χ0v) is 15.8. The van der Waals surface area contributed by atoms with Crippen LogP contribution >= 0.6 is 28.3 Å². The van der Waals surface area contributed by atoms with Crippen LogP contribution in [0.1, 0.15) is 26.2 Å². The van der Waals surface area contributed by atoms with Gasteiger partial charge in [0.25, 0.3) is 0 Å². The number of piperidine rings is 1. The molecule has 0 bridgehead atoms. The third kappa shape index (κ3) is 4.85. The SMILES string of the molecule is C[C@H]1C[C@@H](C(=O)NC2CCN(c3ccc(Br)cc3)C2)CCN1.Cl. The fourth-order valence-electron chi connectivity index (χ4n) is 3.45. The minimum absolute atomic E-state index is 0. The molecule has 2 saturated heterocycles. The van der Waals surface area contributed by atoms with Crippen LogP contribution in [0.5, 0.6) is 0 Å². The van der Waals surface area contributed by atoms with Gasteiger partial charge in [0.05, 0.1) is 0 Å². The van der Waals surface area contributed by atoms with E-state index in [2.05, 4.69) is 62.7 Å². The van der Waals surface area contributed by atoms with Gasteiger partial charge in [-0.25, -0.2) is 0 Å². The maximum atomic E-state index is 12.4. The molecule has 1 aromatic carbocycles. The van der Waals surface area contributed by atoms with Crippen LogP contribution in [0.15, 0.2) is 28.7 Å². The van der Waals surface area contributed by atoms with Gasteiger partial charge in [-0.1, -0.05) is 15.9 Å². The number of hydrogen-bond acceptors (Lipinski definition) is 3. The molecule has 6 heteroatoms. The number of carbonyl (C=O) groups excluding carboxylic acids is 1. The Hall–Kier alpha value is -0.780. The van der Waals surface area contributed by atoms with Gasteiger partial charge in [0.2, 0.25) is 5.91 Å². The lowest BCUT2D eigenvalue weighted by molar-refractivity contribution is -0.126. The molecule has 1 unspecified atom stereocenters. The van der Waals surface area contributed by atoms with Gasteiger partial charge in [-0.2, -0.15) is 0 Å². The second-order valence-corrected chi connectivity index (χ2v) is 7.41. The minimum atomic E-state index is 0. The molecule has 4 nitrogen and oxygen atoms in total. The van der Waals surface area contributed by atoms with Crippen LogP contribution in [0.2, 0.25) is 0 Å². The number of carbonyl (C=O) groups is 1. The molecule has 1 amide bonds. The molecule has 0 radical (unpaired) electrons. The van der Waals surface area contributed by atoms with Crippen molar-refractivity contribution in [2.75, 3.05) is 24.5 Å². The van der Waals surface area contributed by atoms with Crippen LogP contribution in [0.3, 0.4) is 0 Å². The summed E-state index contributed by atoms with van der Waals surface area (Å²) in [7, 11) is 0. The number of rotatable bonds is 3. The molecule has 0 saturated carbocycles. The fourth-order valence-corrected chi connectivity index (χ4v) is 3.72. The summed E-state index contributed by atoms with van der Waals surface area (Å²) in [4.78, 5) is 14.8. The van der Waals surface area contributed by atoms with Crippen molar-refractivity contribution >= 4 is 39.9 Å². The molecule has 2 aliphatic heterocycles. The third-order valence-electron chi connectivity index (χ3n) is 4.72. The van der Waals surface area contributed by atoms with Crippen LogP contribution in [0, 0.1) is 5.92 Å². The molecule has 0 aliphatic carbocycles. The van der Waals surface area contributed by atoms with Crippen molar-refractivity contribution in [3.63, 3.8) is 0 Å². The zero-order valence-electron chi connectivity index (χ0n) is 13.4. The first-order chi connectivity index (χ1) is 10.6. The summed E-state index contributed by atoms with van der Waals surface area (Å²) in [6, 6.07) is 9.12. The van der Waals surface area contributed by atoms with Crippen molar-refractivity contribution in [1.82, 2.24) is 10.6 Å². The molecule has 2 aliphatic rings. The lowest BCUT2D eigenvalue weighted by Gasteiger charge is -2.28. The molecule has 23 heavy (non-hydrogen) atoms. The number of hydrogen-bond donors (Lipinski definition) is 2. The summed E-state index contributed by atoms with van der Waals surface area (Å²) in [6.07, 6.45) is 2.94. The predicted octanol–water partition coefficient (Wildman–Crippen LogP) is 2.95. The topological polar surface area (TPSA) is 44.4 Å². The summed E-state index contributed by atoms with van der Waals surface area (Å²) < 4.78 is 1.10. The first-order valence-electron chi connectivity index (χ1n) is 8.16. The van der Waals surface area contributed by atoms with Gasteiger partial charge in [0.1, 0.15) is 0 Å². The average Bonchev–Trinajstić information content (AvgIpc) is 2.96. The Morgan fingerprint density at radius 3 is 2.74 bits per heavy atom. The van der Waals surface area contributed by atoms with E-state index in [0.717, 1.165) is 43.4 Å². The van der Waals surface area contributed by atoms with Crippen LogP contribution in [0.25, 0.3) is 0 Å². The normalized spacial score (nSPS) is 27.4. The average molecular weight is 403 g/mol. The summed E-state index contributed by atoms with van der Waals surface area (Å²) in [5.74, 6) is 0.425. The highest BCUT2D eigenvalue weighted by atomic mass is 79.9. The number of nitrogens with zero attached hydrogens (tertiary/aromatic N) is 1. The summed E-state index contributed by atoms with van der Waals surface area (Å²) in [6.45, 7) is 5.03. The molecule has 2 fully saturated rings. The number of nitrogens with one attached hydrogen (secondary N) is 2. The highest BCUT2D eigenvalue weighted by Gasteiger charge is 2.29. The van der Waals surface area contributed by atoms with Crippen molar-refractivity contribution in [2.45, 2.75) is 38.3 Å². The zero-order chi connectivity index (χ0) is 15.5. The van der Waals surface area contributed by atoms with Gasteiger partial charge in [0.15, 0.2) is 0 Å². The van der Waals surface area contributed by atoms with E-state index in [1.165, 1.54) is 5.69 Å². The van der Waals surface area contributed by atoms with Crippen molar-refractivity contribution in [3.8, 4) is 0 Å². The predicted molar refractivity (Wildman–Crippen MR) is 100 cm³/mol. The van der Waals surface area contributed by atoms with E-state index in [0.29, 0.717) is 6.04 Å². The summed E-state index contributed by atoms with van der Waals surface area (Å²) in [5, 5.41) is 6.66. The molecule has 3 rings (SSSR count). The van der Waals surface area contributed by atoms with Crippen LogP contribution in [-0.2, 0) is 4.79 Å². The first-order valence-corrected chi connectivity index (χ1v) is 8.95. The maximum absolute atomic E-state index is 12.4. The standard InChI is InChI=1S/C17H24BrN3O.ClH/c1-12-10-13(6-8-19-12)17(22)20-15-7-9-21(11-15)16-4-2-14(18)3-5-16;/h2-5,12-13,15,19H,6-11H2,1H3,(H,20,22);1H/t12-,13-,15?;/m0./s1. The quantitative estimate of drug-likeness (QED) is 0.817. The fraction of sp³-hybridized carbons (Fsp3) is 0.588. The van der Waals surface area contributed by atoms with Gasteiger partial charge < -0.3 is 15.5 Å². The van der Waals surface area contributed by atoms with Gasteiger partial charge in [0, 0.05) is 41.3 Å². The Morgan fingerprint density at radius 1 is 1.30 bits per heavy atom. The van der Waals surface area contributed by atoms with Gasteiger partial charge >= 0.3 is 0 Å². The Bertz CT molecular complexity index is 525. The largest absolute Gasteiger partial charge is 0.369 e. The second kappa shape index (κ2) is 8.36. The lowest BCUT2D eigenvalue weighted by atomic mass is 9.92. The molecular formula is C17H25BrClN3O. The minimum Gasteiger partial charge on any atom is -0.369 e. The molecule has 1 aromatic rings. The molecule has 0 aromatic heterocycles. The maximum Gasteiger partial charge on any atom is 0.223 e. The van der Waals surface area contributed by atoms with E-state index < -0.39 is 0 Å².